The summed E-state index contributed by atoms with van der Waals surface area (Å²) in [5.74, 6) is -0.851. The summed E-state index contributed by atoms with van der Waals surface area (Å²) in [5, 5.41) is 8.39. The van der Waals surface area contributed by atoms with Gasteiger partial charge in [0.15, 0.2) is 0 Å². The Kier molecular flexibility index (Phi) is 6.07. The molecule has 0 radical (unpaired) electrons. The van der Waals surface area contributed by atoms with Crippen molar-refractivity contribution in [3.8, 4) is 0 Å². The molecule has 0 aromatic rings. The van der Waals surface area contributed by atoms with Crippen LogP contribution in [0.4, 0.5) is 0 Å². The van der Waals surface area contributed by atoms with Gasteiger partial charge in [0.25, 0.3) is 0 Å². The molecule has 0 rings (SSSR count). The maximum atomic E-state index is 10.2. The van der Waals surface area contributed by atoms with E-state index in [2.05, 4.69) is 6.58 Å². The van der Waals surface area contributed by atoms with Gasteiger partial charge in [0.2, 0.25) is 0 Å². The molecule has 1 N–H and O–H groups in total. The van der Waals surface area contributed by atoms with Gasteiger partial charge in [0, 0.05) is 6.08 Å². The summed E-state index contributed by atoms with van der Waals surface area (Å²) in [6.45, 7) is 5.47. The van der Waals surface area contributed by atoms with E-state index in [4.69, 9.17) is 5.11 Å². The third kappa shape index (κ3) is 7.06. The smallest absolute Gasteiger partial charge is 0.328 e. The summed E-state index contributed by atoms with van der Waals surface area (Å²) in [6, 6.07) is 0. The van der Waals surface area contributed by atoms with E-state index in [1.54, 1.807) is 0 Å². The highest BCUT2D eigenvalue weighted by Gasteiger charge is 1.93. The van der Waals surface area contributed by atoms with Crippen LogP contribution in [-0.2, 0) is 4.79 Å². The van der Waals surface area contributed by atoms with Crippen molar-refractivity contribution >= 4 is 5.97 Å². The minimum Gasteiger partial charge on any atom is -0.478 e. The summed E-state index contributed by atoms with van der Waals surface area (Å²) in [7, 11) is 0. The molecule has 0 fully saturated rings. The zero-order valence-corrected chi connectivity index (χ0v) is 7.55. The van der Waals surface area contributed by atoms with Gasteiger partial charge in [0.05, 0.1) is 0 Å². The van der Waals surface area contributed by atoms with Crippen LogP contribution in [0, 0.1) is 0 Å². The van der Waals surface area contributed by atoms with E-state index in [0.717, 1.165) is 31.3 Å². The molecular formula is C10H16O2. The monoisotopic (exact) mass is 168 g/mol. The van der Waals surface area contributed by atoms with E-state index in [1.807, 2.05) is 13.0 Å². The minimum atomic E-state index is -0.851. The highest BCUT2D eigenvalue weighted by molar-refractivity contribution is 5.80. The predicted molar refractivity (Wildman–Crippen MR) is 50.1 cm³/mol. The average molecular weight is 168 g/mol. The molecule has 0 amide bonds. The van der Waals surface area contributed by atoms with Crippen molar-refractivity contribution in [2.75, 3.05) is 0 Å². The Labute approximate surface area is 73.6 Å². The molecule has 0 aromatic carbocycles. The topological polar surface area (TPSA) is 37.3 Å². The van der Waals surface area contributed by atoms with Crippen molar-refractivity contribution in [3.05, 3.63) is 24.3 Å². The number of aliphatic carboxylic acids is 1. The quantitative estimate of drug-likeness (QED) is 0.376. The highest BCUT2D eigenvalue weighted by atomic mass is 16.4. The zero-order valence-electron chi connectivity index (χ0n) is 7.55. The second-order valence-electron chi connectivity index (χ2n) is 2.86. The Hall–Kier alpha value is -1.05. The summed E-state index contributed by atoms with van der Waals surface area (Å²) in [5.41, 5.74) is 0.937. The van der Waals surface area contributed by atoms with Crippen LogP contribution >= 0.6 is 0 Å². The van der Waals surface area contributed by atoms with Crippen LogP contribution < -0.4 is 0 Å². The molecule has 0 atom stereocenters. The van der Waals surface area contributed by atoms with Crippen molar-refractivity contribution in [2.24, 2.45) is 0 Å². The Balaban J connectivity index is 3.49. The summed E-state index contributed by atoms with van der Waals surface area (Å²) in [4.78, 5) is 10.2. The van der Waals surface area contributed by atoms with Crippen LogP contribution in [0.5, 0.6) is 0 Å². The summed E-state index contributed by atoms with van der Waals surface area (Å²) < 4.78 is 0. The van der Waals surface area contributed by atoms with Crippen molar-refractivity contribution in [3.63, 3.8) is 0 Å². The van der Waals surface area contributed by atoms with E-state index in [0.29, 0.717) is 0 Å². The zero-order chi connectivity index (χ0) is 9.40. The molecule has 2 heteroatoms. The lowest BCUT2D eigenvalue weighted by atomic mass is 10.1. The first-order valence-electron chi connectivity index (χ1n) is 4.18. The molecule has 0 aliphatic rings. The van der Waals surface area contributed by atoms with Crippen LogP contribution in [0.3, 0.4) is 0 Å². The van der Waals surface area contributed by atoms with E-state index in [9.17, 15) is 4.79 Å². The molecule has 0 saturated heterocycles. The van der Waals surface area contributed by atoms with Crippen LogP contribution in [0.2, 0.25) is 0 Å². The molecule has 0 heterocycles. The molecule has 0 aliphatic heterocycles. The number of allylic oxidation sites excluding steroid dienone is 2. The Bertz CT molecular complexity index is 180. The van der Waals surface area contributed by atoms with Crippen molar-refractivity contribution in [1.29, 1.82) is 0 Å². The SMILES string of the molecule is C=CCCCC/C(C)=C/C(=O)O. The van der Waals surface area contributed by atoms with Gasteiger partial charge in [-0.1, -0.05) is 11.6 Å². The van der Waals surface area contributed by atoms with Gasteiger partial charge in [-0.15, -0.1) is 6.58 Å². The van der Waals surface area contributed by atoms with Crippen molar-refractivity contribution in [2.45, 2.75) is 32.6 Å². The number of rotatable bonds is 6. The van der Waals surface area contributed by atoms with Crippen LogP contribution in [0.15, 0.2) is 24.3 Å². The standard InChI is InChI=1S/C10H16O2/c1-3-4-5-6-7-9(2)8-10(11)12/h3,8H,1,4-7H2,2H3,(H,11,12)/b9-8+. The third-order valence-electron chi connectivity index (χ3n) is 1.60. The Morgan fingerprint density at radius 1 is 1.50 bits per heavy atom. The Morgan fingerprint density at radius 3 is 2.67 bits per heavy atom. The van der Waals surface area contributed by atoms with Crippen molar-refractivity contribution < 1.29 is 9.90 Å². The summed E-state index contributed by atoms with van der Waals surface area (Å²) in [6.07, 6.45) is 7.18. The summed E-state index contributed by atoms with van der Waals surface area (Å²) >= 11 is 0. The first kappa shape index (κ1) is 11.0. The molecule has 0 spiro atoms. The normalized spacial score (nSPS) is 11.2. The number of carboxylic acids is 1. The fourth-order valence-electron chi connectivity index (χ4n) is 0.975. The predicted octanol–water partition coefficient (Wildman–Crippen LogP) is 2.76. The highest BCUT2D eigenvalue weighted by Crippen LogP contribution is 2.07. The number of unbranched alkanes of at least 4 members (excludes halogenated alkanes) is 2. The molecule has 12 heavy (non-hydrogen) atoms. The van der Waals surface area contributed by atoms with Gasteiger partial charge in [-0.05, 0) is 32.6 Å². The molecule has 68 valence electrons. The molecule has 0 aromatic heterocycles. The lowest BCUT2D eigenvalue weighted by Gasteiger charge is -1.97. The number of carbonyl (C=O) groups is 1. The van der Waals surface area contributed by atoms with Crippen LogP contribution in [0.25, 0.3) is 0 Å². The molecule has 0 unspecified atom stereocenters. The van der Waals surface area contributed by atoms with Gasteiger partial charge in [-0.2, -0.15) is 0 Å². The second kappa shape index (κ2) is 6.65. The van der Waals surface area contributed by atoms with Gasteiger partial charge in [0.1, 0.15) is 0 Å². The van der Waals surface area contributed by atoms with E-state index >= 15 is 0 Å². The molecule has 0 saturated carbocycles. The van der Waals surface area contributed by atoms with E-state index in [1.165, 1.54) is 6.08 Å². The minimum absolute atomic E-state index is 0.851. The van der Waals surface area contributed by atoms with E-state index < -0.39 is 5.97 Å². The first-order valence-corrected chi connectivity index (χ1v) is 4.18. The fourth-order valence-corrected chi connectivity index (χ4v) is 0.975. The van der Waals surface area contributed by atoms with E-state index in [-0.39, 0.29) is 0 Å². The van der Waals surface area contributed by atoms with Crippen molar-refractivity contribution in [1.82, 2.24) is 0 Å². The van der Waals surface area contributed by atoms with Gasteiger partial charge in [-0.3, -0.25) is 0 Å². The number of hydrogen-bond acceptors (Lipinski definition) is 1. The molecule has 2 nitrogen and oxygen atoms in total. The lowest BCUT2D eigenvalue weighted by Crippen LogP contribution is -1.90. The molecular weight excluding hydrogens is 152 g/mol. The fraction of sp³-hybridized carbons (Fsp3) is 0.500. The third-order valence-corrected chi connectivity index (χ3v) is 1.60. The van der Waals surface area contributed by atoms with Crippen LogP contribution in [0.1, 0.15) is 32.6 Å². The second-order valence-corrected chi connectivity index (χ2v) is 2.86. The van der Waals surface area contributed by atoms with Gasteiger partial charge in [-0.25, -0.2) is 4.79 Å². The first-order chi connectivity index (χ1) is 5.66. The van der Waals surface area contributed by atoms with Gasteiger partial charge < -0.3 is 5.11 Å². The van der Waals surface area contributed by atoms with Gasteiger partial charge >= 0.3 is 5.97 Å². The maximum absolute atomic E-state index is 10.2. The molecule has 0 aliphatic carbocycles. The largest absolute Gasteiger partial charge is 0.478 e. The number of hydrogen-bond donors (Lipinski definition) is 1. The maximum Gasteiger partial charge on any atom is 0.328 e. The Morgan fingerprint density at radius 2 is 2.17 bits per heavy atom. The average Bonchev–Trinajstić information content (AvgIpc) is 1.97. The molecule has 0 bridgehead atoms. The number of carboxylic acid groups (broad SMARTS) is 1. The van der Waals surface area contributed by atoms with Crippen LogP contribution in [-0.4, -0.2) is 11.1 Å². The lowest BCUT2D eigenvalue weighted by molar-refractivity contribution is -0.131.